The Morgan fingerprint density at radius 1 is 1.00 bits per heavy atom. The van der Waals surface area contributed by atoms with Crippen LogP contribution in [0.1, 0.15) is 11.1 Å². The van der Waals surface area contributed by atoms with Gasteiger partial charge in [0, 0.05) is 25.0 Å². The Labute approximate surface area is 156 Å². The highest BCUT2D eigenvalue weighted by Crippen LogP contribution is 2.26. The van der Waals surface area contributed by atoms with Gasteiger partial charge < -0.3 is 5.32 Å². The maximum Gasteiger partial charge on any atom is 0.240 e. The van der Waals surface area contributed by atoms with E-state index in [2.05, 4.69) is 15.0 Å². The molecule has 2 aromatic carbocycles. The summed E-state index contributed by atoms with van der Waals surface area (Å²) in [5, 5.41) is 2.97. The number of halogens is 2. The lowest BCUT2D eigenvalue weighted by Gasteiger charge is -2.12. The molecule has 2 N–H and O–H groups in total. The predicted octanol–water partition coefficient (Wildman–Crippen LogP) is 3.52. The lowest BCUT2D eigenvalue weighted by molar-refractivity contribution is 0.582. The third-order valence-electron chi connectivity index (χ3n) is 4.16. The van der Waals surface area contributed by atoms with Gasteiger partial charge in [0.05, 0.1) is 10.3 Å². The highest BCUT2D eigenvalue weighted by molar-refractivity contribution is 7.89. The minimum Gasteiger partial charge on any atom is -0.383 e. The normalized spacial score (nSPS) is 11.7. The molecule has 0 unspecified atom stereocenters. The van der Waals surface area contributed by atoms with Gasteiger partial charge in [-0.05, 0) is 49.2 Å². The number of nitrogens with zero attached hydrogens (tertiary/aromatic N) is 1. The smallest absolute Gasteiger partial charge is 0.240 e. The van der Waals surface area contributed by atoms with E-state index >= 15 is 0 Å². The van der Waals surface area contributed by atoms with Gasteiger partial charge in [0.25, 0.3) is 0 Å². The number of sulfonamides is 1. The van der Waals surface area contributed by atoms with Crippen molar-refractivity contribution < 1.29 is 17.2 Å². The summed E-state index contributed by atoms with van der Waals surface area (Å²) in [5.41, 5.74) is 1.78. The molecule has 0 aliphatic carbocycles. The largest absolute Gasteiger partial charge is 0.383 e. The van der Waals surface area contributed by atoms with Crippen LogP contribution in [-0.4, -0.2) is 26.5 Å². The second kappa shape index (κ2) is 7.58. The Balaban J connectivity index is 1.72. The van der Waals surface area contributed by atoms with Gasteiger partial charge in [-0.25, -0.2) is 21.9 Å². The average molecular weight is 391 g/mol. The molecule has 0 amide bonds. The van der Waals surface area contributed by atoms with Crippen LogP contribution in [-0.2, 0) is 10.0 Å². The standard InChI is InChI=1S/C19H19F2N3O2S/c1-12-3-4-13(2)17(11-12)27(25,26)24-10-9-22-16-7-8-23-19-15(21)6-5-14(20)18(16)19/h3-8,11,24H,9-10H2,1-2H3,(H,22,23). The van der Waals surface area contributed by atoms with E-state index in [0.29, 0.717) is 11.3 Å². The molecule has 27 heavy (non-hydrogen) atoms. The summed E-state index contributed by atoms with van der Waals surface area (Å²) in [4.78, 5) is 4.09. The van der Waals surface area contributed by atoms with Crippen molar-refractivity contribution in [2.24, 2.45) is 0 Å². The summed E-state index contributed by atoms with van der Waals surface area (Å²) in [6.07, 6.45) is 1.37. The fourth-order valence-electron chi connectivity index (χ4n) is 2.80. The number of anilines is 1. The van der Waals surface area contributed by atoms with Crippen LogP contribution in [0, 0.1) is 25.5 Å². The van der Waals surface area contributed by atoms with E-state index in [-0.39, 0.29) is 28.9 Å². The molecule has 0 aliphatic rings. The van der Waals surface area contributed by atoms with Gasteiger partial charge in [0.15, 0.2) is 0 Å². The zero-order valence-corrected chi connectivity index (χ0v) is 15.7. The van der Waals surface area contributed by atoms with Gasteiger partial charge in [-0.15, -0.1) is 0 Å². The first-order valence-corrected chi connectivity index (χ1v) is 9.81. The maximum atomic E-state index is 14.1. The molecule has 0 bridgehead atoms. The highest BCUT2D eigenvalue weighted by atomic mass is 32.2. The lowest BCUT2D eigenvalue weighted by Crippen LogP contribution is -2.29. The van der Waals surface area contributed by atoms with Crippen LogP contribution in [0.5, 0.6) is 0 Å². The summed E-state index contributed by atoms with van der Waals surface area (Å²) in [5.74, 6) is -1.22. The number of benzene rings is 2. The van der Waals surface area contributed by atoms with Gasteiger partial charge in [-0.3, -0.25) is 4.98 Å². The number of hydrogen-bond acceptors (Lipinski definition) is 4. The van der Waals surface area contributed by atoms with Crippen molar-refractivity contribution in [3.05, 3.63) is 65.4 Å². The Bertz CT molecular complexity index is 1100. The van der Waals surface area contributed by atoms with E-state index in [1.54, 1.807) is 19.1 Å². The van der Waals surface area contributed by atoms with Crippen molar-refractivity contribution in [1.82, 2.24) is 9.71 Å². The third-order valence-corrected chi connectivity index (χ3v) is 5.76. The topological polar surface area (TPSA) is 71.1 Å². The molecule has 0 saturated carbocycles. The van der Waals surface area contributed by atoms with Crippen molar-refractivity contribution >= 4 is 26.6 Å². The van der Waals surface area contributed by atoms with Crippen molar-refractivity contribution in [2.75, 3.05) is 18.4 Å². The molecule has 5 nitrogen and oxygen atoms in total. The van der Waals surface area contributed by atoms with E-state index in [1.165, 1.54) is 12.3 Å². The van der Waals surface area contributed by atoms with E-state index < -0.39 is 21.7 Å². The molecule has 0 fully saturated rings. The maximum absolute atomic E-state index is 14.1. The number of nitrogens with one attached hydrogen (secondary N) is 2. The van der Waals surface area contributed by atoms with Crippen molar-refractivity contribution in [1.29, 1.82) is 0 Å². The molecule has 3 rings (SSSR count). The van der Waals surface area contributed by atoms with Crippen LogP contribution in [0.4, 0.5) is 14.5 Å². The number of rotatable bonds is 6. The van der Waals surface area contributed by atoms with Crippen molar-refractivity contribution in [3.63, 3.8) is 0 Å². The number of fused-ring (bicyclic) bond motifs is 1. The summed E-state index contributed by atoms with van der Waals surface area (Å²) in [6.45, 7) is 3.82. The molecule has 0 aliphatic heterocycles. The Morgan fingerprint density at radius 2 is 1.74 bits per heavy atom. The Kier molecular flexibility index (Phi) is 5.38. The van der Waals surface area contributed by atoms with Crippen molar-refractivity contribution in [2.45, 2.75) is 18.7 Å². The quantitative estimate of drug-likeness (QED) is 0.631. The number of aromatic nitrogens is 1. The molecule has 142 valence electrons. The minimum absolute atomic E-state index is 0.0369. The minimum atomic E-state index is -3.66. The SMILES string of the molecule is Cc1ccc(C)c(S(=O)(=O)NCCNc2ccnc3c(F)ccc(F)c23)c1. The zero-order valence-electron chi connectivity index (χ0n) is 14.9. The van der Waals surface area contributed by atoms with Crippen LogP contribution < -0.4 is 10.0 Å². The molecule has 0 radical (unpaired) electrons. The molecular weight excluding hydrogens is 372 g/mol. The first kappa shape index (κ1) is 19.2. The lowest BCUT2D eigenvalue weighted by atomic mass is 10.1. The Hall–Kier alpha value is -2.58. The Morgan fingerprint density at radius 3 is 2.52 bits per heavy atom. The summed E-state index contributed by atoms with van der Waals surface area (Å²) < 4.78 is 55.3. The zero-order chi connectivity index (χ0) is 19.6. The molecule has 8 heteroatoms. The van der Waals surface area contributed by atoms with Gasteiger partial charge in [-0.1, -0.05) is 12.1 Å². The van der Waals surface area contributed by atoms with Crippen LogP contribution in [0.2, 0.25) is 0 Å². The fraction of sp³-hybridized carbons (Fsp3) is 0.211. The monoisotopic (exact) mass is 391 g/mol. The van der Waals surface area contributed by atoms with E-state index in [4.69, 9.17) is 0 Å². The van der Waals surface area contributed by atoms with Gasteiger partial charge in [-0.2, -0.15) is 0 Å². The first-order valence-electron chi connectivity index (χ1n) is 8.33. The molecule has 0 atom stereocenters. The van der Waals surface area contributed by atoms with E-state index in [1.807, 2.05) is 13.0 Å². The molecule has 1 aromatic heterocycles. The number of hydrogen-bond donors (Lipinski definition) is 2. The highest BCUT2D eigenvalue weighted by Gasteiger charge is 2.16. The second-order valence-corrected chi connectivity index (χ2v) is 7.94. The molecule has 0 spiro atoms. The predicted molar refractivity (Wildman–Crippen MR) is 101 cm³/mol. The summed E-state index contributed by atoms with van der Waals surface area (Å²) >= 11 is 0. The fourth-order valence-corrected chi connectivity index (χ4v) is 4.16. The molecule has 1 heterocycles. The first-order chi connectivity index (χ1) is 12.8. The molecule has 0 saturated heterocycles. The van der Waals surface area contributed by atoms with E-state index in [9.17, 15) is 17.2 Å². The summed E-state index contributed by atoms with van der Waals surface area (Å²) in [7, 11) is -3.66. The second-order valence-electron chi connectivity index (χ2n) is 6.20. The van der Waals surface area contributed by atoms with Crippen molar-refractivity contribution in [3.8, 4) is 0 Å². The van der Waals surface area contributed by atoms with E-state index in [0.717, 1.165) is 17.7 Å². The van der Waals surface area contributed by atoms with Gasteiger partial charge in [0.2, 0.25) is 10.0 Å². The number of pyridine rings is 1. The number of aryl methyl sites for hydroxylation is 2. The molecular formula is C19H19F2N3O2S. The van der Waals surface area contributed by atoms with Crippen LogP contribution >= 0.6 is 0 Å². The average Bonchev–Trinajstić information content (AvgIpc) is 2.64. The van der Waals surface area contributed by atoms with Crippen LogP contribution in [0.15, 0.2) is 47.5 Å². The van der Waals surface area contributed by atoms with Gasteiger partial charge in [0.1, 0.15) is 17.2 Å². The van der Waals surface area contributed by atoms with Gasteiger partial charge >= 0.3 is 0 Å². The van der Waals surface area contributed by atoms with Crippen LogP contribution in [0.25, 0.3) is 10.9 Å². The third kappa shape index (κ3) is 4.06. The summed E-state index contributed by atoms with van der Waals surface area (Å²) in [6, 6.07) is 8.78. The van der Waals surface area contributed by atoms with Crippen LogP contribution in [0.3, 0.4) is 0 Å². The molecule has 3 aromatic rings.